The minimum absolute atomic E-state index is 0.0993. The van der Waals surface area contributed by atoms with Crippen molar-refractivity contribution in [2.45, 2.75) is 18.6 Å². The molecule has 1 amide bonds. The third kappa shape index (κ3) is 2.88. The van der Waals surface area contributed by atoms with Crippen LogP contribution in [-0.4, -0.2) is 46.3 Å². The fraction of sp³-hybridized carbons (Fsp3) is 0.312. The van der Waals surface area contributed by atoms with Crippen molar-refractivity contribution < 1.29 is 19.4 Å². The topological polar surface area (TPSA) is 73.9 Å². The number of rotatable bonds is 2. The number of nitrogens with zero attached hydrogens (tertiary/aromatic N) is 1. The van der Waals surface area contributed by atoms with Crippen LogP contribution >= 0.6 is 11.6 Å². The van der Waals surface area contributed by atoms with Crippen LogP contribution < -0.4 is 0 Å². The largest absolute Gasteiger partial charge is 0.451 e. The van der Waals surface area contributed by atoms with E-state index in [1.807, 2.05) is 18.2 Å². The first kappa shape index (κ1) is 15.1. The van der Waals surface area contributed by atoms with Crippen LogP contribution in [0.4, 0.5) is 0 Å². The van der Waals surface area contributed by atoms with Gasteiger partial charge in [-0.1, -0.05) is 23.7 Å². The molecule has 2 atom stereocenters. The van der Waals surface area contributed by atoms with Crippen molar-refractivity contribution in [2.75, 3.05) is 13.1 Å². The van der Waals surface area contributed by atoms with E-state index < -0.39 is 12.2 Å². The minimum Gasteiger partial charge on any atom is -0.451 e. The number of likely N-dealkylation sites (tertiary alicyclic amines) is 1. The molecule has 6 heteroatoms. The number of hydrogen-bond donors (Lipinski definition) is 2. The summed E-state index contributed by atoms with van der Waals surface area (Å²) in [5.74, 6) is 0.411. The summed E-state index contributed by atoms with van der Waals surface area (Å²) in [5.41, 5.74) is 0.720. The van der Waals surface area contributed by atoms with Gasteiger partial charge in [0.25, 0.3) is 5.91 Å². The summed E-state index contributed by atoms with van der Waals surface area (Å²) in [7, 11) is 0. The molecule has 0 saturated carbocycles. The Kier molecular flexibility index (Phi) is 4.20. The quantitative estimate of drug-likeness (QED) is 0.889. The molecule has 0 unspecified atom stereocenters. The number of carbonyl (C=O) groups is 1. The summed E-state index contributed by atoms with van der Waals surface area (Å²) < 4.78 is 5.61. The Bertz CT molecular complexity index is 684. The summed E-state index contributed by atoms with van der Waals surface area (Å²) in [6.07, 6.45) is -1.35. The lowest BCUT2D eigenvalue weighted by atomic mass is 10.1. The van der Waals surface area contributed by atoms with Gasteiger partial charge in [-0.15, -0.1) is 0 Å². The van der Waals surface area contributed by atoms with Crippen molar-refractivity contribution in [3.63, 3.8) is 0 Å². The second-order valence-corrected chi connectivity index (χ2v) is 5.73. The fourth-order valence-corrected chi connectivity index (χ4v) is 2.75. The molecule has 1 saturated heterocycles. The monoisotopic (exact) mass is 321 g/mol. The molecule has 2 N–H and O–H groups in total. The van der Waals surface area contributed by atoms with Crippen LogP contribution in [0.25, 0.3) is 11.3 Å². The van der Waals surface area contributed by atoms with Gasteiger partial charge in [0.05, 0.1) is 17.2 Å². The average molecular weight is 322 g/mol. The molecular weight excluding hydrogens is 306 g/mol. The van der Waals surface area contributed by atoms with E-state index in [0.29, 0.717) is 23.7 Å². The van der Waals surface area contributed by atoms with Crippen LogP contribution in [-0.2, 0) is 0 Å². The lowest BCUT2D eigenvalue weighted by molar-refractivity contribution is -0.0327. The first-order valence-electron chi connectivity index (χ1n) is 7.06. The molecule has 0 spiro atoms. The van der Waals surface area contributed by atoms with Crippen LogP contribution in [0.15, 0.2) is 40.8 Å². The SMILES string of the molecule is O=C(c1ccc(-c2ccccc2Cl)o1)N1CC[C@@H](O)[C@@H](O)C1. The predicted molar refractivity (Wildman–Crippen MR) is 81.7 cm³/mol. The number of halogens is 1. The number of furan rings is 1. The number of hydrogen-bond acceptors (Lipinski definition) is 4. The van der Waals surface area contributed by atoms with Gasteiger partial charge in [-0.25, -0.2) is 0 Å². The molecule has 1 fully saturated rings. The van der Waals surface area contributed by atoms with Crippen LogP contribution in [0, 0.1) is 0 Å². The molecule has 2 aromatic rings. The summed E-state index contributed by atoms with van der Waals surface area (Å²) in [4.78, 5) is 13.9. The Balaban J connectivity index is 1.79. The van der Waals surface area contributed by atoms with Crippen molar-refractivity contribution in [3.05, 3.63) is 47.2 Å². The molecule has 1 aromatic carbocycles. The third-order valence-electron chi connectivity index (χ3n) is 3.79. The molecule has 1 aliphatic heterocycles. The van der Waals surface area contributed by atoms with Gasteiger partial charge in [-0.3, -0.25) is 4.79 Å². The van der Waals surface area contributed by atoms with Crippen LogP contribution in [0.1, 0.15) is 17.0 Å². The summed E-state index contributed by atoms with van der Waals surface area (Å²) in [6, 6.07) is 10.5. The van der Waals surface area contributed by atoms with Crippen LogP contribution in [0.3, 0.4) is 0 Å². The summed E-state index contributed by atoms with van der Waals surface area (Å²) in [6.45, 7) is 0.487. The molecule has 0 bridgehead atoms. The number of carbonyl (C=O) groups excluding carboxylic acids is 1. The van der Waals surface area contributed by atoms with Gasteiger partial charge in [0.15, 0.2) is 5.76 Å². The van der Waals surface area contributed by atoms with Gasteiger partial charge >= 0.3 is 0 Å². The highest BCUT2D eigenvalue weighted by Gasteiger charge is 2.30. The van der Waals surface area contributed by atoms with Crippen molar-refractivity contribution in [1.29, 1.82) is 0 Å². The predicted octanol–water partition coefficient (Wildman–Crippen LogP) is 2.17. The van der Waals surface area contributed by atoms with Crippen molar-refractivity contribution in [1.82, 2.24) is 4.90 Å². The normalized spacial score (nSPS) is 21.9. The van der Waals surface area contributed by atoms with Crippen LogP contribution in [0.5, 0.6) is 0 Å². The van der Waals surface area contributed by atoms with Gasteiger partial charge in [-0.05, 0) is 30.7 Å². The Hall–Kier alpha value is -1.82. The highest BCUT2D eigenvalue weighted by atomic mass is 35.5. The molecule has 1 aromatic heterocycles. The van der Waals surface area contributed by atoms with E-state index in [1.54, 1.807) is 18.2 Å². The molecule has 2 heterocycles. The molecule has 1 aliphatic rings. The number of aliphatic hydroxyl groups is 2. The molecule has 116 valence electrons. The lowest BCUT2D eigenvalue weighted by Crippen LogP contribution is -2.48. The van der Waals surface area contributed by atoms with Crippen molar-refractivity contribution >= 4 is 17.5 Å². The molecule has 3 rings (SSSR count). The third-order valence-corrected chi connectivity index (χ3v) is 4.12. The number of aliphatic hydroxyl groups excluding tert-OH is 2. The van der Waals surface area contributed by atoms with Gasteiger partial charge in [0.1, 0.15) is 5.76 Å². The maximum absolute atomic E-state index is 12.4. The molecule has 0 aliphatic carbocycles. The molecule has 5 nitrogen and oxygen atoms in total. The number of amides is 1. The lowest BCUT2D eigenvalue weighted by Gasteiger charge is -2.32. The zero-order valence-electron chi connectivity index (χ0n) is 11.8. The van der Waals surface area contributed by atoms with E-state index in [2.05, 4.69) is 0 Å². The fourth-order valence-electron chi connectivity index (χ4n) is 2.52. The Morgan fingerprint density at radius 1 is 1.18 bits per heavy atom. The summed E-state index contributed by atoms with van der Waals surface area (Å²) in [5, 5.41) is 19.7. The highest BCUT2D eigenvalue weighted by Crippen LogP contribution is 2.29. The molecular formula is C16H16ClNO4. The van der Waals surface area contributed by atoms with Crippen LogP contribution in [0.2, 0.25) is 5.02 Å². The van der Waals surface area contributed by atoms with Crippen molar-refractivity contribution in [2.24, 2.45) is 0 Å². The van der Waals surface area contributed by atoms with Gasteiger partial charge < -0.3 is 19.5 Å². The van der Waals surface area contributed by atoms with Gasteiger partial charge in [0.2, 0.25) is 0 Å². The van der Waals surface area contributed by atoms with Crippen molar-refractivity contribution in [3.8, 4) is 11.3 Å². The van der Waals surface area contributed by atoms with Gasteiger partial charge in [0, 0.05) is 18.7 Å². The zero-order chi connectivity index (χ0) is 15.7. The second-order valence-electron chi connectivity index (χ2n) is 5.32. The average Bonchev–Trinajstić information content (AvgIpc) is 2.99. The first-order valence-corrected chi connectivity index (χ1v) is 7.44. The Morgan fingerprint density at radius 3 is 2.68 bits per heavy atom. The zero-order valence-corrected chi connectivity index (χ0v) is 12.5. The van der Waals surface area contributed by atoms with Gasteiger partial charge in [-0.2, -0.15) is 0 Å². The first-order chi connectivity index (χ1) is 10.6. The van der Waals surface area contributed by atoms with E-state index in [9.17, 15) is 15.0 Å². The Morgan fingerprint density at radius 2 is 1.95 bits per heavy atom. The number of piperidine rings is 1. The molecule has 22 heavy (non-hydrogen) atoms. The summed E-state index contributed by atoms with van der Waals surface area (Å²) >= 11 is 6.12. The van der Waals surface area contributed by atoms with E-state index in [4.69, 9.17) is 16.0 Å². The molecule has 0 radical (unpaired) electrons. The minimum atomic E-state index is -0.921. The van der Waals surface area contributed by atoms with E-state index in [1.165, 1.54) is 4.90 Å². The smallest absolute Gasteiger partial charge is 0.289 e. The maximum atomic E-state index is 12.4. The van der Waals surface area contributed by atoms with E-state index in [-0.39, 0.29) is 18.2 Å². The Labute approximate surface area is 132 Å². The van der Waals surface area contributed by atoms with E-state index >= 15 is 0 Å². The standard InChI is InChI=1S/C16H16ClNO4/c17-11-4-2-1-3-10(11)14-5-6-15(22-14)16(21)18-8-7-12(19)13(20)9-18/h1-6,12-13,19-20H,7-9H2/t12-,13+/m1/s1. The van der Waals surface area contributed by atoms with E-state index in [0.717, 1.165) is 5.56 Å². The highest BCUT2D eigenvalue weighted by molar-refractivity contribution is 6.33. The number of benzene rings is 1. The second kappa shape index (κ2) is 6.12. The number of β-amino-alcohol motifs (C(OH)–C–C–N with tert-alkyl or cyclic N) is 1. The maximum Gasteiger partial charge on any atom is 0.289 e.